The van der Waals surface area contributed by atoms with Crippen molar-refractivity contribution in [2.45, 2.75) is 26.1 Å². The van der Waals surface area contributed by atoms with Gasteiger partial charge in [0, 0.05) is 18.1 Å². The summed E-state index contributed by atoms with van der Waals surface area (Å²) in [6.07, 6.45) is 0.120. The maximum absolute atomic E-state index is 12.1. The molecule has 20 heavy (non-hydrogen) atoms. The number of amides is 1. The Morgan fingerprint density at radius 1 is 1.45 bits per heavy atom. The van der Waals surface area contributed by atoms with Crippen LogP contribution in [0.4, 0.5) is 0 Å². The number of nitrogens with zero attached hydrogens (tertiary/aromatic N) is 1. The number of carbonyl (C=O) groups excluding carboxylic acids is 1. The van der Waals surface area contributed by atoms with E-state index in [-0.39, 0.29) is 24.7 Å². The van der Waals surface area contributed by atoms with E-state index in [1.165, 1.54) is 0 Å². The van der Waals surface area contributed by atoms with Crippen LogP contribution in [0.3, 0.4) is 0 Å². The highest BCUT2D eigenvalue weighted by molar-refractivity contribution is 9.10. The zero-order valence-corrected chi connectivity index (χ0v) is 13.8. The van der Waals surface area contributed by atoms with Gasteiger partial charge in [0.05, 0.1) is 16.7 Å². The lowest BCUT2D eigenvalue weighted by Crippen LogP contribution is -2.49. The third-order valence-electron chi connectivity index (χ3n) is 3.02. The van der Waals surface area contributed by atoms with Crippen molar-refractivity contribution in [1.29, 1.82) is 0 Å². The van der Waals surface area contributed by atoms with Crippen LogP contribution in [0.1, 0.15) is 13.8 Å². The van der Waals surface area contributed by atoms with Crippen LogP contribution in [0, 0.1) is 0 Å². The molecule has 0 radical (unpaired) electrons. The second-order valence-corrected chi connectivity index (χ2v) is 6.21. The second-order valence-electron chi connectivity index (χ2n) is 4.92. The molecule has 1 saturated heterocycles. The van der Waals surface area contributed by atoms with Crippen LogP contribution in [-0.2, 0) is 9.53 Å². The molecule has 2 rings (SSSR count). The minimum absolute atomic E-state index is 0.0136. The summed E-state index contributed by atoms with van der Waals surface area (Å²) < 4.78 is 11.9. The molecule has 1 aliphatic rings. The minimum atomic E-state index is -0.0335. The van der Waals surface area contributed by atoms with E-state index in [1.807, 2.05) is 13.8 Å². The third-order valence-corrected chi connectivity index (χ3v) is 3.87. The normalized spacial score (nSPS) is 22.7. The van der Waals surface area contributed by atoms with E-state index in [0.29, 0.717) is 23.9 Å². The fraction of sp³-hybridized carbons (Fsp3) is 0.500. The minimum Gasteiger partial charge on any atom is -0.483 e. The Labute approximate surface area is 132 Å². The van der Waals surface area contributed by atoms with Gasteiger partial charge in [-0.3, -0.25) is 4.79 Å². The number of hydrogen-bond donors (Lipinski definition) is 0. The highest BCUT2D eigenvalue weighted by Gasteiger charge is 2.26. The van der Waals surface area contributed by atoms with Crippen molar-refractivity contribution in [2.75, 3.05) is 19.7 Å². The quantitative estimate of drug-likeness (QED) is 0.829. The molecule has 6 heteroatoms. The van der Waals surface area contributed by atoms with Crippen molar-refractivity contribution in [3.63, 3.8) is 0 Å². The summed E-state index contributed by atoms with van der Waals surface area (Å²) in [5.74, 6) is 0.575. The van der Waals surface area contributed by atoms with Crippen LogP contribution in [-0.4, -0.2) is 42.7 Å². The first-order chi connectivity index (χ1) is 9.45. The summed E-state index contributed by atoms with van der Waals surface area (Å²) >= 11 is 9.22. The zero-order chi connectivity index (χ0) is 14.7. The molecule has 0 aliphatic carbocycles. The molecule has 1 aromatic rings. The Bertz CT molecular complexity index is 487. The Hall–Kier alpha value is -0.780. The van der Waals surface area contributed by atoms with Gasteiger partial charge in [-0.2, -0.15) is 0 Å². The average Bonchev–Trinajstić information content (AvgIpc) is 2.36. The van der Waals surface area contributed by atoms with E-state index >= 15 is 0 Å². The molecule has 0 aromatic heterocycles. The van der Waals surface area contributed by atoms with Gasteiger partial charge >= 0.3 is 0 Å². The van der Waals surface area contributed by atoms with E-state index in [2.05, 4.69) is 15.9 Å². The molecule has 110 valence electrons. The summed E-state index contributed by atoms with van der Waals surface area (Å²) in [7, 11) is 0. The molecule has 1 amide bonds. The zero-order valence-electron chi connectivity index (χ0n) is 11.4. The largest absolute Gasteiger partial charge is 0.483 e. The molecular formula is C14H17BrClNO3. The van der Waals surface area contributed by atoms with Crippen molar-refractivity contribution in [2.24, 2.45) is 0 Å². The van der Waals surface area contributed by atoms with E-state index in [1.54, 1.807) is 23.1 Å². The van der Waals surface area contributed by atoms with Crippen LogP contribution in [0.2, 0.25) is 5.02 Å². The van der Waals surface area contributed by atoms with Crippen molar-refractivity contribution >= 4 is 33.4 Å². The van der Waals surface area contributed by atoms with Gasteiger partial charge < -0.3 is 14.4 Å². The molecule has 0 unspecified atom stereocenters. The van der Waals surface area contributed by atoms with E-state index in [0.717, 1.165) is 4.47 Å². The predicted octanol–water partition coefficient (Wildman–Crippen LogP) is 3.12. The standard InChI is InChI=1S/C14H17BrClNO3/c1-9-6-17(7-10(2)20-9)14(18)8-19-13-4-3-11(16)5-12(13)15/h3-5,9-10H,6-8H2,1-2H3/t9-,10+. The van der Waals surface area contributed by atoms with Crippen LogP contribution in [0.25, 0.3) is 0 Å². The summed E-state index contributed by atoms with van der Waals surface area (Å²) in [5, 5.41) is 0.617. The fourth-order valence-electron chi connectivity index (χ4n) is 2.20. The first-order valence-electron chi connectivity index (χ1n) is 6.47. The highest BCUT2D eigenvalue weighted by atomic mass is 79.9. The number of benzene rings is 1. The van der Waals surface area contributed by atoms with Gasteiger partial charge in [-0.25, -0.2) is 0 Å². The van der Waals surface area contributed by atoms with Gasteiger partial charge in [0.25, 0.3) is 5.91 Å². The SMILES string of the molecule is C[C@@H]1CN(C(=O)COc2ccc(Cl)cc2Br)C[C@H](C)O1. The lowest BCUT2D eigenvalue weighted by molar-refractivity contribution is -0.145. The summed E-state index contributed by atoms with van der Waals surface area (Å²) in [6, 6.07) is 5.20. The van der Waals surface area contributed by atoms with Crippen LogP contribution >= 0.6 is 27.5 Å². The molecule has 1 aromatic carbocycles. The van der Waals surface area contributed by atoms with Crippen molar-refractivity contribution in [3.8, 4) is 5.75 Å². The molecule has 0 spiro atoms. The lowest BCUT2D eigenvalue weighted by Gasteiger charge is -2.35. The van der Waals surface area contributed by atoms with Crippen molar-refractivity contribution < 1.29 is 14.3 Å². The van der Waals surface area contributed by atoms with Crippen LogP contribution < -0.4 is 4.74 Å². The van der Waals surface area contributed by atoms with E-state index in [9.17, 15) is 4.79 Å². The number of morpholine rings is 1. The third kappa shape index (κ3) is 4.11. The topological polar surface area (TPSA) is 38.8 Å². The lowest BCUT2D eigenvalue weighted by atomic mass is 10.2. The van der Waals surface area contributed by atoms with E-state index < -0.39 is 0 Å². The second kappa shape index (κ2) is 6.78. The Morgan fingerprint density at radius 2 is 2.10 bits per heavy atom. The highest BCUT2D eigenvalue weighted by Crippen LogP contribution is 2.28. The van der Waals surface area contributed by atoms with Crippen LogP contribution in [0.5, 0.6) is 5.75 Å². The van der Waals surface area contributed by atoms with Crippen molar-refractivity contribution in [3.05, 3.63) is 27.7 Å². The van der Waals surface area contributed by atoms with Gasteiger partial charge in [-0.1, -0.05) is 11.6 Å². The molecule has 1 aliphatic heterocycles. The number of carbonyl (C=O) groups is 1. The van der Waals surface area contributed by atoms with Gasteiger partial charge in [-0.05, 0) is 48.0 Å². The maximum atomic E-state index is 12.1. The smallest absolute Gasteiger partial charge is 0.260 e. The Kier molecular flexibility index (Phi) is 5.29. The van der Waals surface area contributed by atoms with Gasteiger partial charge in [0.2, 0.25) is 0 Å². The average molecular weight is 363 g/mol. The molecule has 0 saturated carbocycles. The number of hydrogen-bond acceptors (Lipinski definition) is 3. The first kappa shape index (κ1) is 15.6. The Morgan fingerprint density at radius 3 is 2.70 bits per heavy atom. The molecule has 1 heterocycles. The molecule has 1 fully saturated rings. The molecule has 4 nitrogen and oxygen atoms in total. The molecule has 2 atom stereocenters. The summed E-state index contributed by atoms with van der Waals surface area (Å²) in [5.41, 5.74) is 0. The molecular weight excluding hydrogens is 346 g/mol. The van der Waals surface area contributed by atoms with Crippen LogP contribution in [0.15, 0.2) is 22.7 Å². The first-order valence-corrected chi connectivity index (χ1v) is 7.64. The molecule has 0 bridgehead atoms. The summed E-state index contributed by atoms with van der Waals surface area (Å²) in [6.45, 7) is 5.15. The monoisotopic (exact) mass is 361 g/mol. The predicted molar refractivity (Wildman–Crippen MR) is 81.2 cm³/mol. The fourth-order valence-corrected chi connectivity index (χ4v) is 3.00. The number of halogens is 2. The molecule has 0 N–H and O–H groups in total. The van der Waals surface area contributed by atoms with Gasteiger partial charge in [0.15, 0.2) is 6.61 Å². The Balaban J connectivity index is 1.91. The van der Waals surface area contributed by atoms with Gasteiger partial charge in [0.1, 0.15) is 5.75 Å². The van der Waals surface area contributed by atoms with E-state index in [4.69, 9.17) is 21.1 Å². The number of rotatable bonds is 3. The van der Waals surface area contributed by atoms with Gasteiger partial charge in [-0.15, -0.1) is 0 Å². The van der Waals surface area contributed by atoms with Crippen molar-refractivity contribution in [1.82, 2.24) is 4.90 Å². The maximum Gasteiger partial charge on any atom is 0.260 e. The number of ether oxygens (including phenoxy) is 2. The summed E-state index contributed by atoms with van der Waals surface area (Å²) in [4.78, 5) is 13.9.